The maximum absolute atomic E-state index is 12.3. The predicted octanol–water partition coefficient (Wildman–Crippen LogP) is 3.48. The lowest BCUT2D eigenvalue weighted by Crippen LogP contribution is -2.32. The van der Waals surface area contributed by atoms with Crippen LogP contribution in [0.2, 0.25) is 0 Å². The lowest BCUT2D eigenvalue weighted by Gasteiger charge is -2.14. The van der Waals surface area contributed by atoms with Crippen molar-refractivity contribution >= 4 is 27.6 Å². The van der Waals surface area contributed by atoms with E-state index in [-0.39, 0.29) is 19.1 Å². The van der Waals surface area contributed by atoms with E-state index in [1.165, 1.54) is 0 Å². The Labute approximate surface area is 172 Å². The molecule has 6 heteroatoms. The summed E-state index contributed by atoms with van der Waals surface area (Å²) in [5, 5.41) is 14.9. The summed E-state index contributed by atoms with van der Waals surface area (Å²) >= 11 is 0. The Morgan fingerprint density at radius 1 is 1.00 bits per heavy atom. The molecule has 1 heterocycles. The number of aliphatic hydroxyl groups is 1. The minimum absolute atomic E-state index is 0.0871. The van der Waals surface area contributed by atoms with E-state index in [9.17, 15) is 14.7 Å². The predicted molar refractivity (Wildman–Crippen MR) is 115 cm³/mol. The van der Waals surface area contributed by atoms with Gasteiger partial charge in [-0.25, -0.2) is 4.79 Å². The Kier molecular flexibility index (Phi) is 5.50. The van der Waals surface area contributed by atoms with E-state index in [1.54, 1.807) is 37.3 Å². The summed E-state index contributed by atoms with van der Waals surface area (Å²) in [4.78, 5) is 24.4. The van der Waals surface area contributed by atoms with E-state index in [1.807, 2.05) is 36.4 Å². The van der Waals surface area contributed by atoms with Crippen LogP contribution in [0.1, 0.15) is 17.2 Å². The number of nitrogens with one attached hydrogen (secondary N) is 1. The second kappa shape index (κ2) is 8.39. The minimum atomic E-state index is -0.792. The van der Waals surface area contributed by atoms with Crippen LogP contribution < -0.4 is 15.7 Å². The molecular weight excluding hydrogens is 382 g/mol. The molecule has 4 aromatic rings. The number of hydrogen-bond acceptors (Lipinski definition) is 5. The monoisotopic (exact) mass is 403 g/mol. The number of aryl methyl sites for hydroxylation is 1. The van der Waals surface area contributed by atoms with E-state index in [0.29, 0.717) is 22.3 Å². The van der Waals surface area contributed by atoms with Crippen molar-refractivity contribution in [3.8, 4) is 5.75 Å². The van der Waals surface area contributed by atoms with Gasteiger partial charge in [-0.05, 0) is 36.1 Å². The standard InChI is InChI=1S/C24H21NO5/c1-15-21(29-14-22(27)25-13-20(26)16-7-3-2-4-8-16)12-11-18-17-9-5-6-10-19(17)24(28)30-23(15)18/h2-12,20,26H,13-14H2,1H3,(H,25,27)/t20-/m1/s1. The fourth-order valence-electron chi connectivity index (χ4n) is 3.42. The fourth-order valence-corrected chi connectivity index (χ4v) is 3.42. The normalized spacial score (nSPS) is 12.1. The number of aliphatic hydroxyl groups excluding tert-OH is 1. The lowest BCUT2D eigenvalue weighted by atomic mass is 10.0. The van der Waals surface area contributed by atoms with E-state index < -0.39 is 11.7 Å². The Hall–Kier alpha value is -3.64. The van der Waals surface area contributed by atoms with E-state index in [4.69, 9.17) is 9.15 Å². The summed E-state index contributed by atoms with van der Waals surface area (Å²) in [7, 11) is 0. The van der Waals surface area contributed by atoms with Crippen LogP contribution in [0.3, 0.4) is 0 Å². The molecule has 1 aromatic heterocycles. The number of rotatable bonds is 6. The van der Waals surface area contributed by atoms with E-state index in [2.05, 4.69) is 5.32 Å². The highest BCUT2D eigenvalue weighted by Gasteiger charge is 2.14. The summed E-state index contributed by atoms with van der Waals surface area (Å²) in [6.07, 6.45) is -0.792. The van der Waals surface area contributed by atoms with Crippen molar-refractivity contribution in [1.82, 2.24) is 5.32 Å². The topological polar surface area (TPSA) is 88.8 Å². The molecule has 0 saturated heterocycles. The van der Waals surface area contributed by atoms with Crippen molar-refractivity contribution in [1.29, 1.82) is 0 Å². The van der Waals surface area contributed by atoms with Crippen LogP contribution in [0.25, 0.3) is 21.7 Å². The average molecular weight is 403 g/mol. The molecule has 2 N–H and O–H groups in total. The highest BCUT2D eigenvalue weighted by atomic mass is 16.5. The van der Waals surface area contributed by atoms with Gasteiger partial charge in [-0.2, -0.15) is 0 Å². The second-order valence-electron chi connectivity index (χ2n) is 7.02. The third-order valence-electron chi connectivity index (χ3n) is 5.02. The molecule has 3 aromatic carbocycles. The molecule has 152 valence electrons. The summed E-state index contributed by atoms with van der Waals surface area (Å²) < 4.78 is 11.2. The van der Waals surface area contributed by atoms with Crippen LogP contribution in [0, 0.1) is 6.92 Å². The number of carbonyl (C=O) groups excluding carboxylic acids is 1. The van der Waals surface area contributed by atoms with Crippen LogP contribution in [0.4, 0.5) is 0 Å². The van der Waals surface area contributed by atoms with Gasteiger partial charge in [0.2, 0.25) is 0 Å². The van der Waals surface area contributed by atoms with Gasteiger partial charge < -0.3 is 19.6 Å². The van der Waals surface area contributed by atoms with Gasteiger partial charge in [0.15, 0.2) is 6.61 Å². The van der Waals surface area contributed by atoms with Crippen molar-refractivity contribution in [3.63, 3.8) is 0 Å². The molecule has 0 bridgehead atoms. The first kappa shape index (κ1) is 19.7. The number of hydrogen-bond donors (Lipinski definition) is 2. The largest absolute Gasteiger partial charge is 0.483 e. The third-order valence-corrected chi connectivity index (χ3v) is 5.02. The molecular formula is C24H21NO5. The van der Waals surface area contributed by atoms with Crippen molar-refractivity contribution in [2.45, 2.75) is 13.0 Å². The smallest absolute Gasteiger partial charge is 0.344 e. The van der Waals surface area contributed by atoms with Crippen LogP contribution in [-0.2, 0) is 4.79 Å². The highest BCUT2D eigenvalue weighted by molar-refractivity contribution is 6.05. The molecule has 1 amide bonds. The van der Waals surface area contributed by atoms with Gasteiger partial charge in [-0.3, -0.25) is 4.79 Å². The van der Waals surface area contributed by atoms with Crippen molar-refractivity contribution in [3.05, 3.63) is 88.3 Å². The first-order valence-electron chi connectivity index (χ1n) is 9.62. The second-order valence-corrected chi connectivity index (χ2v) is 7.02. The average Bonchev–Trinajstić information content (AvgIpc) is 2.78. The first-order valence-corrected chi connectivity index (χ1v) is 9.62. The summed E-state index contributed by atoms with van der Waals surface area (Å²) in [5.74, 6) is 0.101. The maximum Gasteiger partial charge on any atom is 0.344 e. The van der Waals surface area contributed by atoms with Crippen LogP contribution in [-0.4, -0.2) is 24.2 Å². The fraction of sp³-hybridized carbons (Fsp3) is 0.167. The van der Waals surface area contributed by atoms with E-state index in [0.717, 1.165) is 16.3 Å². The molecule has 0 spiro atoms. The van der Waals surface area contributed by atoms with Crippen LogP contribution in [0.15, 0.2) is 75.9 Å². The number of benzene rings is 3. The summed E-state index contributed by atoms with van der Waals surface area (Å²) in [6.45, 7) is 1.65. The number of amides is 1. The van der Waals surface area contributed by atoms with Gasteiger partial charge in [0.1, 0.15) is 11.3 Å². The Morgan fingerprint density at radius 3 is 2.47 bits per heavy atom. The van der Waals surface area contributed by atoms with Gasteiger partial charge in [-0.1, -0.05) is 48.5 Å². The van der Waals surface area contributed by atoms with Gasteiger partial charge in [0, 0.05) is 17.5 Å². The Bertz CT molecular complexity index is 1260. The van der Waals surface area contributed by atoms with Crippen molar-refractivity contribution in [2.75, 3.05) is 13.2 Å². The molecule has 1 atom stereocenters. The molecule has 0 aliphatic carbocycles. The van der Waals surface area contributed by atoms with E-state index >= 15 is 0 Å². The van der Waals surface area contributed by atoms with Gasteiger partial charge in [0.25, 0.3) is 5.91 Å². The molecule has 0 saturated carbocycles. The molecule has 4 rings (SSSR count). The van der Waals surface area contributed by atoms with Gasteiger partial charge in [-0.15, -0.1) is 0 Å². The molecule has 0 aliphatic heterocycles. The summed E-state index contributed by atoms with van der Waals surface area (Å²) in [5.41, 5.74) is 1.40. The van der Waals surface area contributed by atoms with Crippen LogP contribution in [0.5, 0.6) is 5.75 Å². The number of ether oxygens (including phenoxy) is 1. The number of fused-ring (bicyclic) bond motifs is 3. The number of carbonyl (C=O) groups is 1. The van der Waals surface area contributed by atoms with Gasteiger partial charge >= 0.3 is 5.63 Å². The molecule has 6 nitrogen and oxygen atoms in total. The Balaban J connectivity index is 1.46. The maximum atomic E-state index is 12.3. The van der Waals surface area contributed by atoms with Crippen molar-refractivity contribution in [2.24, 2.45) is 0 Å². The zero-order valence-electron chi connectivity index (χ0n) is 16.4. The molecule has 0 aliphatic rings. The molecule has 0 unspecified atom stereocenters. The highest BCUT2D eigenvalue weighted by Crippen LogP contribution is 2.30. The molecule has 0 radical (unpaired) electrons. The first-order chi connectivity index (χ1) is 14.5. The zero-order chi connectivity index (χ0) is 21.1. The quantitative estimate of drug-likeness (QED) is 0.380. The van der Waals surface area contributed by atoms with Gasteiger partial charge in [0.05, 0.1) is 11.5 Å². The molecule has 30 heavy (non-hydrogen) atoms. The van der Waals surface area contributed by atoms with Crippen LogP contribution >= 0.6 is 0 Å². The SMILES string of the molecule is Cc1c(OCC(=O)NC[C@@H](O)c2ccccc2)ccc2c1oc(=O)c1ccccc12. The zero-order valence-corrected chi connectivity index (χ0v) is 16.4. The third kappa shape index (κ3) is 3.90. The summed E-state index contributed by atoms with van der Waals surface area (Å²) in [6, 6.07) is 20.0. The Morgan fingerprint density at radius 2 is 1.70 bits per heavy atom. The lowest BCUT2D eigenvalue weighted by molar-refractivity contribution is -0.123. The van der Waals surface area contributed by atoms with Crippen molar-refractivity contribution < 1.29 is 19.1 Å². The minimum Gasteiger partial charge on any atom is -0.483 e. The molecule has 0 fully saturated rings.